The van der Waals surface area contributed by atoms with E-state index < -0.39 is 6.04 Å². The van der Waals surface area contributed by atoms with Crippen molar-refractivity contribution in [3.63, 3.8) is 0 Å². The molecule has 1 heterocycles. The van der Waals surface area contributed by atoms with Gasteiger partial charge in [0.2, 0.25) is 5.91 Å². The summed E-state index contributed by atoms with van der Waals surface area (Å²) in [7, 11) is 0. The van der Waals surface area contributed by atoms with Gasteiger partial charge >= 0.3 is 0 Å². The molecule has 2 aromatic carbocycles. The van der Waals surface area contributed by atoms with Crippen molar-refractivity contribution in [3.8, 4) is 0 Å². The van der Waals surface area contributed by atoms with Crippen molar-refractivity contribution >= 4 is 23.4 Å². The fraction of sp³-hybridized carbons (Fsp3) is 0.318. The first-order chi connectivity index (χ1) is 13.6. The van der Waals surface area contributed by atoms with Gasteiger partial charge in [-0.05, 0) is 55.7 Å². The highest BCUT2D eigenvalue weighted by Gasteiger charge is 2.34. The molecule has 0 bridgehead atoms. The van der Waals surface area contributed by atoms with Crippen LogP contribution >= 0.6 is 0 Å². The van der Waals surface area contributed by atoms with E-state index in [0.717, 1.165) is 12.8 Å². The predicted molar refractivity (Wildman–Crippen MR) is 108 cm³/mol. The van der Waals surface area contributed by atoms with Crippen molar-refractivity contribution in [1.29, 1.82) is 0 Å². The Morgan fingerprint density at radius 1 is 1.00 bits per heavy atom. The third-order valence-corrected chi connectivity index (χ3v) is 4.79. The molecular weight excluding hydrogens is 354 g/mol. The number of rotatable bonds is 6. The lowest BCUT2D eigenvalue weighted by Gasteiger charge is -2.24. The van der Waals surface area contributed by atoms with Gasteiger partial charge in [0.15, 0.2) is 0 Å². The van der Waals surface area contributed by atoms with E-state index >= 15 is 0 Å². The van der Waals surface area contributed by atoms with Gasteiger partial charge in [0.05, 0.1) is 0 Å². The maximum absolute atomic E-state index is 12.8. The van der Waals surface area contributed by atoms with Crippen LogP contribution in [0.2, 0.25) is 0 Å². The van der Waals surface area contributed by atoms with Crippen LogP contribution in [0.5, 0.6) is 0 Å². The number of carbonyl (C=O) groups excluding carboxylic acids is 3. The Morgan fingerprint density at radius 2 is 1.71 bits per heavy atom. The van der Waals surface area contributed by atoms with Crippen LogP contribution in [0.15, 0.2) is 54.6 Å². The molecule has 2 N–H and O–H groups in total. The first kappa shape index (κ1) is 19.6. The van der Waals surface area contributed by atoms with Crippen LogP contribution in [-0.2, 0) is 4.79 Å². The molecule has 1 unspecified atom stereocenters. The van der Waals surface area contributed by atoms with Crippen LogP contribution in [0, 0.1) is 0 Å². The standard InChI is InChI=1S/C22H25N3O3/c1-2-14-23-21(27)19-9-6-15-25(19)22(28)17-10-12-18(13-11-17)24-20(26)16-7-4-3-5-8-16/h3-5,7-8,10-13,19H,2,6,9,14-15H2,1H3,(H,23,27)(H,24,26). The summed E-state index contributed by atoms with van der Waals surface area (Å²) in [6.45, 7) is 3.19. The minimum absolute atomic E-state index is 0.0838. The van der Waals surface area contributed by atoms with Crippen molar-refractivity contribution in [2.75, 3.05) is 18.4 Å². The molecule has 1 aliphatic heterocycles. The lowest BCUT2D eigenvalue weighted by molar-refractivity contribution is -0.124. The van der Waals surface area contributed by atoms with E-state index in [-0.39, 0.29) is 17.7 Å². The number of carbonyl (C=O) groups is 3. The smallest absolute Gasteiger partial charge is 0.255 e. The number of nitrogens with zero attached hydrogens (tertiary/aromatic N) is 1. The summed E-state index contributed by atoms with van der Waals surface area (Å²) in [6.07, 6.45) is 2.37. The average molecular weight is 379 g/mol. The number of amides is 3. The van der Waals surface area contributed by atoms with Crippen molar-refractivity contribution in [2.24, 2.45) is 0 Å². The van der Waals surface area contributed by atoms with E-state index in [2.05, 4.69) is 10.6 Å². The van der Waals surface area contributed by atoms with Crippen LogP contribution in [0.25, 0.3) is 0 Å². The minimum Gasteiger partial charge on any atom is -0.354 e. The van der Waals surface area contributed by atoms with E-state index in [1.54, 1.807) is 53.4 Å². The quantitative estimate of drug-likeness (QED) is 0.810. The number of likely N-dealkylation sites (tertiary alicyclic amines) is 1. The van der Waals surface area contributed by atoms with Gasteiger partial charge in [0, 0.05) is 29.9 Å². The molecule has 2 aromatic rings. The largest absolute Gasteiger partial charge is 0.354 e. The Kier molecular flexibility index (Phi) is 6.42. The van der Waals surface area contributed by atoms with Gasteiger partial charge in [-0.3, -0.25) is 14.4 Å². The Hall–Kier alpha value is -3.15. The highest BCUT2D eigenvalue weighted by molar-refractivity contribution is 6.04. The molecular formula is C22H25N3O3. The van der Waals surface area contributed by atoms with Crippen LogP contribution in [0.3, 0.4) is 0 Å². The summed E-state index contributed by atoms with van der Waals surface area (Å²) in [4.78, 5) is 39.0. The zero-order valence-electron chi connectivity index (χ0n) is 16.0. The second kappa shape index (κ2) is 9.17. The zero-order valence-corrected chi connectivity index (χ0v) is 16.0. The van der Waals surface area contributed by atoms with E-state index in [1.165, 1.54) is 0 Å². The summed E-state index contributed by atoms with van der Waals surface area (Å²) in [6, 6.07) is 15.3. The lowest BCUT2D eigenvalue weighted by Crippen LogP contribution is -2.46. The maximum Gasteiger partial charge on any atom is 0.255 e. The van der Waals surface area contributed by atoms with Crippen molar-refractivity contribution in [3.05, 3.63) is 65.7 Å². The van der Waals surface area contributed by atoms with E-state index in [9.17, 15) is 14.4 Å². The van der Waals surface area contributed by atoms with Gasteiger partial charge in [-0.2, -0.15) is 0 Å². The fourth-order valence-electron chi connectivity index (χ4n) is 3.30. The summed E-state index contributed by atoms with van der Waals surface area (Å²) in [5.41, 5.74) is 1.69. The molecule has 28 heavy (non-hydrogen) atoms. The molecule has 0 aromatic heterocycles. The number of hydrogen-bond acceptors (Lipinski definition) is 3. The second-order valence-electron chi connectivity index (χ2n) is 6.85. The Labute approximate surface area is 164 Å². The van der Waals surface area contributed by atoms with Gasteiger partial charge in [0.1, 0.15) is 6.04 Å². The SMILES string of the molecule is CCCNC(=O)C1CCCN1C(=O)c1ccc(NC(=O)c2ccccc2)cc1. The molecule has 0 aliphatic carbocycles. The van der Waals surface area contributed by atoms with Crippen molar-refractivity contribution < 1.29 is 14.4 Å². The normalized spacial score (nSPS) is 15.9. The molecule has 146 valence electrons. The summed E-state index contributed by atoms with van der Waals surface area (Å²) < 4.78 is 0. The summed E-state index contributed by atoms with van der Waals surface area (Å²) in [5.74, 6) is -0.443. The average Bonchev–Trinajstić information content (AvgIpc) is 3.22. The van der Waals surface area contributed by atoms with Gasteiger partial charge in [-0.15, -0.1) is 0 Å². The maximum atomic E-state index is 12.8. The molecule has 3 amide bonds. The van der Waals surface area contributed by atoms with Crippen molar-refractivity contribution in [1.82, 2.24) is 10.2 Å². The fourth-order valence-corrected chi connectivity index (χ4v) is 3.30. The Balaban J connectivity index is 1.64. The molecule has 1 fully saturated rings. The number of benzene rings is 2. The molecule has 0 saturated carbocycles. The Bertz CT molecular complexity index is 834. The second-order valence-corrected chi connectivity index (χ2v) is 6.85. The molecule has 6 nitrogen and oxygen atoms in total. The first-order valence-electron chi connectivity index (χ1n) is 9.65. The van der Waals surface area contributed by atoms with E-state index in [1.807, 2.05) is 13.0 Å². The number of hydrogen-bond donors (Lipinski definition) is 2. The highest BCUT2D eigenvalue weighted by Crippen LogP contribution is 2.21. The molecule has 0 spiro atoms. The number of anilines is 1. The van der Waals surface area contributed by atoms with Gasteiger partial charge in [-0.1, -0.05) is 25.1 Å². The van der Waals surface area contributed by atoms with Crippen LogP contribution in [0.1, 0.15) is 46.9 Å². The monoisotopic (exact) mass is 379 g/mol. The van der Waals surface area contributed by atoms with Crippen LogP contribution < -0.4 is 10.6 Å². The van der Waals surface area contributed by atoms with E-state index in [4.69, 9.17) is 0 Å². The van der Waals surface area contributed by atoms with Crippen LogP contribution in [-0.4, -0.2) is 41.8 Å². The third kappa shape index (κ3) is 4.57. The Morgan fingerprint density at radius 3 is 2.39 bits per heavy atom. The number of nitrogens with one attached hydrogen (secondary N) is 2. The minimum atomic E-state index is -0.406. The molecule has 6 heteroatoms. The molecule has 1 atom stereocenters. The summed E-state index contributed by atoms with van der Waals surface area (Å²) in [5, 5.41) is 5.69. The van der Waals surface area contributed by atoms with Gasteiger partial charge < -0.3 is 15.5 Å². The predicted octanol–water partition coefficient (Wildman–Crippen LogP) is 3.07. The molecule has 0 radical (unpaired) electrons. The summed E-state index contributed by atoms with van der Waals surface area (Å²) >= 11 is 0. The third-order valence-electron chi connectivity index (χ3n) is 4.79. The zero-order chi connectivity index (χ0) is 19.9. The molecule has 1 saturated heterocycles. The topological polar surface area (TPSA) is 78.5 Å². The van der Waals surface area contributed by atoms with Crippen LogP contribution in [0.4, 0.5) is 5.69 Å². The highest BCUT2D eigenvalue weighted by atomic mass is 16.2. The lowest BCUT2D eigenvalue weighted by atomic mass is 10.1. The van der Waals surface area contributed by atoms with E-state index in [0.29, 0.717) is 36.3 Å². The first-order valence-corrected chi connectivity index (χ1v) is 9.65. The van der Waals surface area contributed by atoms with Gasteiger partial charge in [0.25, 0.3) is 11.8 Å². The molecule has 1 aliphatic rings. The van der Waals surface area contributed by atoms with Gasteiger partial charge in [-0.25, -0.2) is 0 Å². The van der Waals surface area contributed by atoms with Crippen molar-refractivity contribution in [2.45, 2.75) is 32.2 Å². The molecule has 3 rings (SSSR count).